The molecule has 0 aromatic carbocycles. The molecule has 1 aliphatic rings. The van der Waals surface area contributed by atoms with Gasteiger partial charge >= 0.3 is 0 Å². The zero-order valence-electron chi connectivity index (χ0n) is 9.98. The van der Waals surface area contributed by atoms with Gasteiger partial charge in [0.15, 0.2) is 0 Å². The van der Waals surface area contributed by atoms with Gasteiger partial charge in [0.2, 0.25) is 0 Å². The highest BCUT2D eigenvalue weighted by atomic mass is 32.1. The summed E-state index contributed by atoms with van der Waals surface area (Å²) in [5.41, 5.74) is 1.91. The van der Waals surface area contributed by atoms with E-state index in [0.29, 0.717) is 18.1 Å². The normalized spacial score (nSPS) is 27.1. The number of hydrogen-bond donors (Lipinski definition) is 1. The number of nitrogens with zero attached hydrogens (tertiary/aromatic N) is 1. The minimum Gasteiger partial charge on any atom is -0.378 e. The highest BCUT2D eigenvalue weighted by Crippen LogP contribution is 2.26. The van der Waals surface area contributed by atoms with E-state index >= 15 is 0 Å². The molecule has 2 heterocycles. The summed E-state index contributed by atoms with van der Waals surface area (Å²) in [7, 11) is 0. The van der Waals surface area contributed by atoms with Crippen LogP contribution < -0.4 is 5.32 Å². The number of rotatable bonds is 5. The summed E-state index contributed by atoms with van der Waals surface area (Å²) in [5.74, 6) is 0.641. The lowest BCUT2D eigenvalue weighted by Crippen LogP contribution is -2.40. The van der Waals surface area contributed by atoms with E-state index in [-0.39, 0.29) is 0 Å². The third-order valence-corrected chi connectivity index (χ3v) is 4.12. The molecule has 3 unspecified atom stereocenters. The summed E-state index contributed by atoms with van der Waals surface area (Å²) < 4.78 is 5.66. The molecule has 0 aliphatic carbocycles. The maximum Gasteiger partial charge on any atom is 0.0794 e. The molecule has 2 rings (SSSR count). The minimum absolute atomic E-state index is 0.386. The number of likely N-dealkylation sites (N-methyl/N-ethyl adjacent to an activating group) is 1. The van der Waals surface area contributed by atoms with Crippen LogP contribution in [-0.2, 0) is 11.2 Å². The average Bonchev–Trinajstić information content (AvgIpc) is 2.88. The maximum atomic E-state index is 5.66. The van der Waals surface area contributed by atoms with E-state index in [1.54, 1.807) is 11.3 Å². The van der Waals surface area contributed by atoms with Crippen LogP contribution in [0.1, 0.15) is 25.1 Å². The minimum atomic E-state index is 0.386. The predicted octanol–water partition coefficient (Wildman–Crippen LogP) is 2.09. The Morgan fingerprint density at radius 3 is 3.12 bits per heavy atom. The van der Waals surface area contributed by atoms with Gasteiger partial charge in [-0.15, -0.1) is 11.3 Å². The first-order valence-electron chi connectivity index (χ1n) is 6.03. The largest absolute Gasteiger partial charge is 0.378 e. The molecular weight excluding hydrogens is 220 g/mol. The molecule has 1 fully saturated rings. The Labute approximate surface area is 101 Å². The van der Waals surface area contributed by atoms with Crippen LogP contribution in [0.15, 0.2) is 11.7 Å². The van der Waals surface area contributed by atoms with Crippen molar-refractivity contribution in [1.29, 1.82) is 0 Å². The second-order valence-electron chi connectivity index (χ2n) is 4.36. The van der Waals surface area contributed by atoms with Crippen LogP contribution >= 0.6 is 11.3 Å². The molecule has 1 saturated heterocycles. The van der Waals surface area contributed by atoms with Gasteiger partial charge in [0, 0.05) is 29.6 Å². The second-order valence-corrected chi connectivity index (χ2v) is 5.34. The highest BCUT2D eigenvalue weighted by molar-refractivity contribution is 7.09. The van der Waals surface area contributed by atoms with Gasteiger partial charge < -0.3 is 10.1 Å². The molecule has 0 amide bonds. The molecule has 0 bridgehead atoms. The summed E-state index contributed by atoms with van der Waals surface area (Å²) in [6.07, 6.45) is 4.63. The smallest absolute Gasteiger partial charge is 0.0794 e. The van der Waals surface area contributed by atoms with Crippen LogP contribution in [0, 0.1) is 5.92 Å². The van der Waals surface area contributed by atoms with Crippen molar-refractivity contribution in [3.8, 4) is 0 Å². The Kier molecular flexibility index (Phi) is 4.32. The van der Waals surface area contributed by atoms with Crippen LogP contribution in [-0.4, -0.2) is 30.3 Å². The molecule has 1 aliphatic heterocycles. The monoisotopic (exact) mass is 240 g/mol. The van der Waals surface area contributed by atoms with Crippen molar-refractivity contribution < 1.29 is 4.74 Å². The molecule has 3 atom stereocenters. The van der Waals surface area contributed by atoms with Crippen LogP contribution in [0.25, 0.3) is 0 Å². The molecule has 0 saturated carbocycles. The first kappa shape index (κ1) is 12.0. The van der Waals surface area contributed by atoms with Gasteiger partial charge in [0.05, 0.1) is 11.6 Å². The lowest BCUT2D eigenvalue weighted by molar-refractivity contribution is 0.0957. The number of aromatic nitrogens is 1. The van der Waals surface area contributed by atoms with Gasteiger partial charge in [0.1, 0.15) is 0 Å². The fraction of sp³-hybridized carbons (Fsp3) is 0.750. The Balaban J connectivity index is 1.99. The molecule has 1 aromatic heterocycles. The van der Waals surface area contributed by atoms with E-state index in [4.69, 9.17) is 4.74 Å². The standard InChI is InChI=1S/C12H20N2OS/c1-3-14-12(6-10-7-13-8-16-10)11-4-5-15-9(11)2/h7-9,11-12,14H,3-6H2,1-2H3. The van der Waals surface area contributed by atoms with E-state index in [2.05, 4.69) is 24.1 Å². The van der Waals surface area contributed by atoms with Crippen molar-refractivity contribution in [2.75, 3.05) is 13.2 Å². The Hall–Kier alpha value is -0.450. The van der Waals surface area contributed by atoms with E-state index in [0.717, 1.165) is 19.6 Å². The number of nitrogens with one attached hydrogen (secondary N) is 1. The van der Waals surface area contributed by atoms with Gasteiger partial charge in [-0.2, -0.15) is 0 Å². The van der Waals surface area contributed by atoms with Crippen molar-refractivity contribution >= 4 is 11.3 Å². The van der Waals surface area contributed by atoms with Crippen molar-refractivity contribution in [2.24, 2.45) is 5.92 Å². The molecule has 3 nitrogen and oxygen atoms in total. The second kappa shape index (κ2) is 5.75. The summed E-state index contributed by atoms with van der Waals surface area (Å²) in [6.45, 7) is 6.29. The van der Waals surface area contributed by atoms with Gasteiger partial charge in [-0.25, -0.2) is 0 Å². The van der Waals surface area contributed by atoms with E-state index in [9.17, 15) is 0 Å². The Morgan fingerprint density at radius 2 is 2.56 bits per heavy atom. The Morgan fingerprint density at radius 1 is 1.69 bits per heavy atom. The third kappa shape index (κ3) is 2.81. The lowest BCUT2D eigenvalue weighted by Gasteiger charge is -2.26. The molecule has 4 heteroatoms. The van der Waals surface area contributed by atoms with Crippen molar-refractivity contribution in [1.82, 2.24) is 10.3 Å². The van der Waals surface area contributed by atoms with E-state index in [1.807, 2.05) is 11.7 Å². The van der Waals surface area contributed by atoms with Crippen LogP contribution in [0.4, 0.5) is 0 Å². The Bertz CT molecular complexity index is 302. The van der Waals surface area contributed by atoms with Gasteiger partial charge in [-0.1, -0.05) is 6.92 Å². The zero-order valence-corrected chi connectivity index (χ0v) is 10.8. The molecule has 1 N–H and O–H groups in total. The van der Waals surface area contributed by atoms with Crippen LogP contribution in [0.5, 0.6) is 0 Å². The average molecular weight is 240 g/mol. The number of hydrogen-bond acceptors (Lipinski definition) is 4. The first-order chi connectivity index (χ1) is 7.81. The van der Waals surface area contributed by atoms with E-state index < -0.39 is 0 Å². The van der Waals surface area contributed by atoms with Crippen molar-refractivity contribution in [2.45, 2.75) is 38.8 Å². The molecule has 0 radical (unpaired) electrons. The van der Waals surface area contributed by atoms with Crippen molar-refractivity contribution in [3.63, 3.8) is 0 Å². The summed E-state index contributed by atoms with van der Waals surface area (Å²) in [5, 5.41) is 3.59. The molecule has 90 valence electrons. The van der Waals surface area contributed by atoms with E-state index in [1.165, 1.54) is 11.3 Å². The maximum absolute atomic E-state index is 5.66. The number of thiazole rings is 1. The first-order valence-corrected chi connectivity index (χ1v) is 6.91. The molecule has 16 heavy (non-hydrogen) atoms. The quantitative estimate of drug-likeness (QED) is 0.855. The fourth-order valence-corrected chi connectivity index (χ4v) is 3.13. The summed E-state index contributed by atoms with van der Waals surface area (Å²) in [6, 6.07) is 0.531. The third-order valence-electron chi connectivity index (χ3n) is 3.32. The summed E-state index contributed by atoms with van der Waals surface area (Å²) in [4.78, 5) is 5.51. The fourth-order valence-electron chi connectivity index (χ4n) is 2.47. The molecule has 1 aromatic rings. The van der Waals surface area contributed by atoms with Gasteiger partial charge in [-0.3, -0.25) is 4.98 Å². The van der Waals surface area contributed by atoms with Crippen LogP contribution in [0.2, 0.25) is 0 Å². The zero-order chi connectivity index (χ0) is 11.4. The SMILES string of the molecule is CCNC(Cc1cncs1)C1CCOC1C. The predicted molar refractivity (Wildman–Crippen MR) is 66.8 cm³/mol. The van der Waals surface area contributed by atoms with Gasteiger partial charge in [0.25, 0.3) is 0 Å². The molecule has 0 spiro atoms. The summed E-state index contributed by atoms with van der Waals surface area (Å²) >= 11 is 1.75. The van der Waals surface area contributed by atoms with Crippen molar-refractivity contribution in [3.05, 3.63) is 16.6 Å². The molecular formula is C12H20N2OS. The highest BCUT2D eigenvalue weighted by Gasteiger charge is 2.31. The lowest BCUT2D eigenvalue weighted by atomic mass is 9.91. The number of ether oxygens (including phenoxy) is 1. The van der Waals surface area contributed by atoms with Crippen LogP contribution in [0.3, 0.4) is 0 Å². The van der Waals surface area contributed by atoms with Gasteiger partial charge in [-0.05, 0) is 26.3 Å². The topological polar surface area (TPSA) is 34.2 Å².